The first-order valence-electron chi connectivity index (χ1n) is 9.71. The summed E-state index contributed by atoms with van der Waals surface area (Å²) < 4.78 is 27.5. The zero-order chi connectivity index (χ0) is 22.3. The maximum absolute atomic E-state index is 12.5. The molecule has 0 aliphatic carbocycles. The van der Waals surface area contributed by atoms with Crippen molar-refractivity contribution in [3.05, 3.63) is 76.5 Å². The highest BCUT2D eigenvalue weighted by atomic mass is 32.2. The fraction of sp³-hybridized carbons (Fsp3) is 0.182. The summed E-state index contributed by atoms with van der Waals surface area (Å²) in [5, 5.41) is 7.42. The largest absolute Gasteiger partial charge is 0.326 e. The van der Waals surface area contributed by atoms with E-state index in [1.807, 2.05) is 17.5 Å². The molecule has 1 aromatic heterocycles. The Morgan fingerprint density at radius 3 is 2.29 bits per heavy atom. The van der Waals surface area contributed by atoms with Crippen molar-refractivity contribution >= 4 is 44.5 Å². The third kappa shape index (κ3) is 6.48. The predicted molar refractivity (Wildman–Crippen MR) is 123 cm³/mol. The second-order valence-corrected chi connectivity index (χ2v) is 9.49. The van der Waals surface area contributed by atoms with Crippen molar-refractivity contribution in [3.63, 3.8) is 0 Å². The number of sulfonamides is 1. The molecule has 0 aliphatic rings. The molecule has 162 valence electrons. The van der Waals surface area contributed by atoms with Gasteiger partial charge in [0, 0.05) is 34.8 Å². The number of nitrogens with one attached hydrogen (secondary N) is 3. The molecule has 0 aliphatic heterocycles. The fourth-order valence-corrected chi connectivity index (χ4v) is 4.50. The van der Waals surface area contributed by atoms with Crippen molar-refractivity contribution in [2.45, 2.75) is 24.7 Å². The summed E-state index contributed by atoms with van der Waals surface area (Å²) in [6.07, 6.45) is 0.976. The molecule has 0 saturated carbocycles. The SMILES string of the molecule is CCC(=O)Nc1cccc(NC(=O)c2ccc(S(=O)(=O)NCCc3cccs3)cc2)c1. The first-order valence-corrected chi connectivity index (χ1v) is 12.1. The van der Waals surface area contributed by atoms with Gasteiger partial charge in [-0.15, -0.1) is 11.3 Å². The van der Waals surface area contributed by atoms with Crippen LogP contribution >= 0.6 is 11.3 Å². The molecule has 2 amide bonds. The molecule has 0 saturated heterocycles. The lowest BCUT2D eigenvalue weighted by Gasteiger charge is -2.09. The third-order valence-corrected chi connectivity index (χ3v) is 6.81. The van der Waals surface area contributed by atoms with Gasteiger partial charge in [0.25, 0.3) is 5.91 Å². The van der Waals surface area contributed by atoms with Gasteiger partial charge in [-0.05, 0) is 60.3 Å². The normalized spacial score (nSPS) is 11.1. The lowest BCUT2D eigenvalue weighted by molar-refractivity contribution is -0.115. The Morgan fingerprint density at radius 2 is 1.65 bits per heavy atom. The van der Waals surface area contributed by atoms with Gasteiger partial charge in [0.05, 0.1) is 4.90 Å². The average molecular weight is 458 g/mol. The molecule has 0 unspecified atom stereocenters. The van der Waals surface area contributed by atoms with Gasteiger partial charge in [-0.3, -0.25) is 9.59 Å². The summed E-state index contributed by atoms with van der Waals surface area (Å²) in [6.45, 7) is 2.06. The highest BCUT2D eigenvalue weighted by Gasteiger charge is 2.15. The number of hydrogen-bond acceptors (Lipinski definition) is 5. The Balaban J connectivity index is 1.60. The molecule has 0 fully saturated rings. The number of rotatable bonds is 9. The fourth-order valence-electron chi connectivity index (χ4n) is 2.76. The summed E-state index contributed by atoms with van der Waals surface area (Å²) >= 11 is 1.58. The van der Waals surface area contributed by atoms with Crippen LogP contribution < -0.4 is 15.4 Å². The van der Waals surface area contributed by atoms with E-state index in [1.54, 1.807) is 42.5 Å². The quantitative estimate of drug-likeness (QED) is 0.454. The molecule has 31 heavy (non-hydrogen) atoms. The van der Waals surface area contributed by atoms with Gasteiger partial charge >= 0.3 is 0 Å². The maximum Gasteiger partial charge on any atom is 0.255 e. The van der Waals surface area contributed by atoms with Crippen molar-refractivity contribution in [1.29, 1.82) is 0 Å². The van der Waals surface area contributed by atoms with Gasteiger partial charge in [-0.25, -0.2) is 13.1 Å². The number of amides is 2. The van der Waals surface area contributed by atoms with Crippen LogP contribution in [0.15, 0.2) is 70.9 Å². The highest BCUT2D eigenvalue weighted by Crippen LogP contribution is 2.17. The molecular weight excluding hydrogens is 434 g/mol. The van der Waals surface area contributed by atoms with Crippen LogP contribution in [0.1, 0.15) is 28.6 Å². The van der Waals surface area contributed by atoms with Crippen LogP contribution in [0.25, 0.3) is 0 Å². The minimum atomic E-state index is -3.65. The lowest BCUT2D eigenvalue weighted by atomic mass is 10.2. The summed E-state index contributed by atoms with van der Waals surface area (Å²) in [4.78, 5) is 25.2. The number of carbonyl (C=O) groups excluding carboxylic acids is 2. The Kier molecular flexibility index (Phi) is 7.56. The lowest BCUT2D eigenvalue weighted by Crippen LogP contribution is -2.26. The third-order valence-electron chi connectivity index (χ3n) is 4.40. The molecule has 0 spiro atoms. The van der Waals surface area contributed by atoms with E-state index in [0.717, 1.165) is 4.88 Å². The van der Waals surface area contributed by atoms with E-state index in [1.165, 1.54) is 24.3 Å². The van der Waals surface area contributed by atoms with Crippen LogP contribution in [-0.2, 0) is 21.2 Å². The average Bonchev–Trinajstić information content (AvgIpc) is 3.27. The van der Waals surface area contributed by atoms with Crippen molar-refractivity contribution in [2.24, 2.45) is 0 Å². The van der Waals surface area contributed by atoms with E-state index >= 15 is 0 Å². The van der Waals surface area contributed by atoms with Crippen molar-refractivity contribution in [1.82, 2.24) is 4.72 Å². The Labute approximate surface area is 185 Å². The molecular formula is C22H23N3O4S2. The van der Waals surface area contributed by atoms with Crippen LogP contribution in [0.5, 0.6) is 0 Å². The van der Waals surface area contributed by atoms with E-state index in [4.69, 9.17) is 0 Å². The minimum Gasteiger partial charge on any atom is -0.326 e. The van der Waals surface area contributed by atoms with E-state index in [0.29, 0.717) is 36.3 Å². The van der Waals surface area contributed by atoms with E-state index < -0.39 is 10.0 Å². The molecule has 0 atom stereocenters. The Bertz CT molecular complexity index is 1140. The van der Waals surface area contributed by atoms with Gasteiger partial charge in [0.2, 0.25) is 15.9 Å². The first kappa shape index (κ1) is 22.7. The maximum atomic E-state index is 12.5. The predicted octanol–water partition coefficient (Wildman–Crippen LogP) is 3.87. The van der Waals surface area contributed by atoms with Gasteiger partial charge in [-0.1, -0.05) is 19.1 Å². The molecule has 3 N–H and O–H groups in total. The number of anilines is 2. The summed E-state index contributed by atoms with van der Waals surface area (Å²) in [7, 11) is -3.65. The van der Waals surface area contributed by atoms with E-state index in [9.17, 15) is 18.0 Å². The Morgan fingerprint density at radius 1 is 0.935 bits per heavy atom. The standard InChI is InChI=1S/C22H23N3O4S2/c1-2-21(26)24-17-5-3-6-18(15-17)25-22(27)16-8-10-20(11-9-16)31(28,29)23-13-12-19-7-4-14-30-19/h3-11,14-15,23H,2,12-13H2,1H3,(H,24,26)(H,25,27). The molecule has 3 aromatic rings. The number of carbonyl (C=O) groups is 2. The van der Waals surface area contributed by atoms with Gasteiger partial charge < -0.3 is 10.6 Å². The van der Waals surface area contributed by atoms with E-state index in [-0.39, 0.29) is 16.7 Å². The van der Waals surface area contributed by atoms with Crippen LogP contribution in [0, 0.1) is 0 Å². The van der Waals surface area contributed by atoms with Crippen LogP contribution in [0.3, 0.4) is 0 Å². The summed E-state index contributed by atoms with van der Waals surface area (Å²) in [5.41, 5.74) is 1.42. The first-order chi connectivity index (χ1) is 14.9. The number of thiophene rings is 1. The zero-order valence-corrected chi connectivity index (χ0v) is 18.6. The molecule has 1 heterocycles. The molecule has 0 bridgehead atoms. The van der Waals surface area contributed by atoms with Crippen LogP contribution in [0.4, 0.5) is 11.4 Å². The van der Waals surface area contributed by atoms with Crippen molar-refractivity contribution in [2.75, 3.05) is 17.2 Å². The van der Waals surface area contributed by atoms with Crippen molar-refractivity contribution < 1.29 is 18.0 Å². The van der Waals surface area contributed by atoms with Gasteiger partial charge in [0.1, 0.15) is 0 Å². The van der Waals surface area contributed by atoms with Gasteiger partial charge in [-0.2, -0.15) is 0 Å². The molecule has 7 nitrogen and oxygen atoms in total. The van der Waals surface area contributed by atoms with Crippen LogP contribution in [-0.4, -0.2) is 26.8 Å². The van der Waals surface area contributed by atoms with E-state index in [2.05, 4.69) is 15.4 Å². The molecule has 9 heteroatoms. The van der Waals surface area contributed by atoms with Crippen LogP contribution in [0.2, 0.25) is 0 Å². The smallest absolute Gasteiger partial charge is 0.255 e. The summed E-state index contributed by atoms with van der Waals surface area (Å²) in [5.74, 6) is -0.502. The topological polar surface area (TPSA) is 104 Å². The molecule has 3 rings (SSSR count). The summed E-state index contributed by atoms with van der Waals surface area (Å²) in [6, 6.07) is 16.4. The highest BCUT2D eigenvalue weighted by molar-refractivity contribution is 7.89. The van der Waals surface area contributed by atoms with Gasteiger partial charge in [0.15, 0.2) is 0 Å². The minimum absolute atomic E-state index is 0.0968. The Hall–Kier alpha value is -3.01. The van der Waals surface area contributed by atoms with Crippen molar-refractivity contribution in [3.8, 4) is 0 Å². The zero-order valence-electron chi connectivity index (χ0n) is 16.9. The number of benzene rings is 2. The second kappa shape index (κ2) is 10.3. The monoisotopic (exact) mass is 457 g/mol. The molecule has 2 aromatic carbocycles. The molecule has 0 radical (unpaired) electrons. The second-order valence-electron chi connectivity index (χ2n) is 6.69. The number of hydrogen-bond donors (Lipinski definition) is 3.